The first kappa shape index (κ1) is 25.4. The Morgan fingerprint density at radius 1 is 1.14 bits per heavy atom. The van der Waals surface area contributed by atoms with Gasteiger partial charge in [-0.2, -0.15) is 0 Å². The molecule has 1 aliphatic heterocycles. The van der Waals surface area contributed by atoms with E-state index in [4.69, 9.17) is 4.74 Å². The van der Waals surface area contributed by atoms with Crippen molar-refractivity contribution in [3.05, 3.63) is 36.5 Å². The van der Waals surface area contributed by atoms with Crippen LogP contribution in [0.3, 0.4) is 0 Å². The van der Waals surface area contributed by atoms with E-state index in [9.17, 15) is 9.18 Å². The summed E-state index contributed by atoms with van der Waals surface area (Å²) in [6.07, 6.45) is 10.0. The fourth-order valence-electron chi connectivity index (χ4n) is 5.16. The van der Waals surface area contributed by atoms with Crippen molar-refractivity contribution >= 4 is 17.4 Å². The molecule has 2 heterocycles. The first-order chi connectivity index (χ1) is 17.0. The minimum atomic E-state index is -0.416. The molecule has 1 aliphatic carbocycles. The normalized spacial score (nSPS) is 17.6. The molecule has 0 radical (unpaired) electrons. The zero-order chi connectivity index (χ0) is 24.8. The van der Waals surface area contributed by atoms with Gasteiger partial charge in [0.25, 0.3) is 0 Å². The molecule has 0 unspecified atom stereocenters. The highest BCUT2D eigenvalue weighted by Gasteiger charge is 2.26. The third kappa shape index (κ3) is 6.28. The molecule has 1 saturated heterocycles. The van der Waals surface area contributed by atoms with Crippen molar-refractivity contribution in [1.82, 2.24) is 14.9 Å². The lowest BCUT2D eigenvalue weighted by atomic mass is 9.89. The van der Waals surface area contributed by atoms with Gasteiger partial charge in [-0.1, -0.05) is 33.1 Å². The maximum atomic E-state index is 14.2. The fraction of sp³-hybridized carbons (Fsp3) is 0.593. The van der Waals surface area contributed by atoms with E-state index in [1.54, 1.807) is 17.2 Å². The number of carbonyl (C=O) groups is 1. The topological polar surface area (TPSA) is 61.8 Å². The molecule has 0 bridgehead atoms. The van der Waals surface area contributed by atoms with Crippen LogP contribution in [0.2, 0.25) is 0 Å². The van der Waals surface area contributed by atoms with Crippen LogP contribution >= 0.6 is 0 Å². The lowest BCUT2D eigenvalue weighted by molar-refractivity contribution is -0.121. The number of carbonyl (C=O) groups excluding carboxylic acids is 1. The third-order valence-electron chi connectivity index (χ3n) is 7.08. The summed E-state index contributed by atoms with van der Waals surface area (Å²) in [5.41, 5.74) is 0.415. The zero-order valence-corrected chi connectivity index (χ0v) is 21.3. The average molecular weight is 484 g/mol. The molecule has 2 aliphatic rings. The fourth-order valence-corrected chi connectivity index (χ4v) is 5.16. The summed E-state index contributed by atoms with van der Waals surface area (Å²) in [5, 5.41) is 0. The SMILES string of the molecule is CCN(C(=O)C(C)C)c1cc(F)ccc1Oc1cncnc1N1CCN(CC2CCCCC2)CC1. The van der Waals surface area contributed by atoms with E-state index in [0.717, 1.165) is 37.9 Å². The van der Waals surface area contributed by atoms with Crippen LogP contribution in [0.5, 0.6) is 11.5 Å². The van der Waals surface area contributed by atoms with Gasteiger partial charge in [-0.3, -0.25) is 9.69 Å². The number of nitrogens with zero attached hydrogens (tertiary/aromatic N) is 5. The van der Waals surface area contributed by atoms with E-state index >= 15 is 0 Å². The van der Waals surface area contributed by atoms with E-state index in [1.807, 2.05) is 20.8 Å². The van der Waals surface area contributed by atoms with Crippen molar-refractivity contribution in [2.24, 2.45) is 11.8 Å². The van der Waals surface area contributed by atoms with Gasteiger partial charge in [0.05, 0.1) is 11.9 Å². The van der Waals surface area contributed by atoms with E-state index in [1.165, 1.54) is 57.1 Å². The number of amides is 1. The maximum absolute atomic E-state index is 14.2. The van der Waals surface area contributed by atoms with E-state index in [2.05, 4.69) is 19.8 Å². The Kier molecular flexibility index (Phi) is 8.55. The van der Waals surface area contributed by atoms with Crippen LogP contribution in [-0.4, -0.2) is 60.0 Å². The lowest BCUT2D eigenvalue weighted by Crippen LogP contribution is -2.48. The van der Waals surface area contributed by atoms with Gasteiger partial charge < -0.3 is 14.5 Å². The molecule has 0 N–H and O–H groups in total. The Morgan fingerprint density at radius 3 is 2.57 bits per heavy atom. The van der Waals surface area contributed by atoms with Crippen LogP contribution in [0.4, 0.5) is 15.9 Å². The second-order valence-electron chi connectivity index (χ2n) is 9.95. The van der Waals surface area contributed by atoms with Crippen LogP contribution in [-0.2, 0) is 4.79 Å². The van der Waals surface area contributed by atoms with Crippen molar-refractivity contribution < 1.29 is 13.9 Å². The summed E-state index contributed by atoms with van der Waals surface area (Å²) < 4.78 is 20.5. The summed E-state index contributed by atoms with van der Waals surface area (Å²) >= 11 is 0. The number of piperazine rings is 1. The number of benzene rings is 1. The minimum absolute atomic E-state index is 0.0819. The molecule has 1 saturated carbocycles. The molecule has 1 aromatic carbocycles. The van der Waals surface area contributed by atoms with Gasteiger partial charge in [-0.15, -0.1) is 0 Å². The molecular weight excluding hydrogens is 445 g/mol. The van der Waals surface area contributed by atoms with Crippen molar-refractivity contribution in [2.45, 2.75) is 52.9 Å². The number of anilines is 2. The monoisotopic (exact) mass is 483 g/mol. The highest BCUT2D eigenvalue weighted by molar-refractivity contribution is 5.96. The van der Waals surface area contributed by atoms with Crippen LogP contribution in [0.25, 0.3) is 0 Å². The van der Waals surface area contributed by atoms with Crippen LogP contribution < -0.4 is 14.5 Å². The van der Waals surface area contributed by atoms with Crippen LogP contribution in [0, 0.1) is 17.7 Å². The van der Waals surface area contributed by atoms with Gasteiger partial charge >= 0.3 is 0 Å². The molecular formula is C27H38FN5O2. The highest BCUT2D eigenvalue weighted by atomic mass is 19.1. The Hall–Kier alpha value is -2.74. The Morgan fingerprint density at radius 2 is 1.89 bits per heavy atom. The molecule has 35 heavy (non-hydrogen) atoms. The van der Waals surface area contributed by atoms with Gasteiger partial charge in [0, 0.05) is 51.3 Å². The van der Waals surface area contributed by atoms with Gasteiger partial charge in [0.1, 0.15) is 12.1 Å². The molecule has 0 atom stereocenters. The van der Waals surface area contributed by atoms with Gasteiger partial charge in [0.2, 0.25) is 5.91 Å². The quantitative estimate of drug-likeness (QED) is 0.519. The zero-order valence-electron chi connectivity index (χ0n) is 21.3. The van der Waals surface area contributed by atoms with E-state index < -0.39 is 5.82 Å². The highest BCUT2D eigenvalue weighted by Crippen LogP contribution is 2.37. The number of halogens is 1. The summed E-state index contributed by atoms with van der Waals surface area (Å²) in [5.74, 6) is 1.77. The molecule has 190 valence electrons. The first-order valence-corrected chi connectivity index (χ1v) is 13.0. The minimum Gasteiger partial charge on any atom is -0.450 e. The van der Waals surface area contributed by atoms with Crippen molar-refractivity contribution in [1.29, 1.82) is 0 Å². The second-order valence-corrected chi connectivity index (χ2v) is 9.95. The molecule has 1 aromatic heterocycles. The predicted molar refractivity (Wildman–Crippen MR) is 137 cm³/mol. The number of aromatic nitrogens is 2. The van der Waals surface area contributed by atoms with Crippen LogP contribution in [0.15, 0.2) is 30.7 Å². The number of hydrogen-bond donors (Lipinski definition) is 0. The van der Waals surface area contributed by atoms with Gasteiger partial charge in [-0.05, 0) is 37.8 Å². The third-order valence-corrected chi connectivity index (χ3v) is 7.08. The van der Waals surface area contributed by atoms with Gasteiger partial charge in [0.15, 0.2) is 17.3 Å². The van der Waals surface area contributed by atoms with Crippen molar-refractivity contribution in [2.75, 3.05) is 49.1 Å². The predicted octanol–water partition coefficient (Wildman–Crippen LogP) is 5.12. The van der Waals surface area contributed by atoms with E-state index in [0.29, 0.717) is 23.7 Å². The summed E-state index contributed by atoms with van der Waals surface area (Å²) in [6.45, 7) is 10.9. The van der Waals surface area contributed by atoms with Crippen LogP contribution in [0.1, 0.15) is 52.9 Å². The Balaban J connectivity index is 1.49. The molecule has 4 rings (SSSR count). The summed E-state index contributed by atoms with van der Waals surface area (Å²) in [7, 11) is 0. The average Bonchev–Trinajstić information content (AvgIpc) is 2.87. The molecule has 2 aromatic rings. The standard InChI is InChI=1S/C27H38FN5O2/c1-4-33(27(34)20(2)3)23-16-22(28)10-11-24(23)35-25-17-29-19-30-26(25)32-14-12-31(13-15-32)18-21-8-6-5-7-9-21/h10-11,16-17,19-21H,4-9,12-15,18H2,1-3H3. The van der Waals surface area contributed by atoms with Crippen molar-refractivity contribution in [3.63, 3.8) is 0 Å². The number of ether oxygens (including phenoxy) is 1. The maximum Gasteiger partial charge on any atom is 0.229 e. The molecule has 7 nitrogen and oxygen atoms in total. The van der Waals surface area contributed by atoms with Crippen molar-refractivity contribution in [3.8, 4) is 11.5 Å². The second kappa shape index (κ2) is 11.8. The summed E-state index contributed by atoms with van der Waals surface area (Å²) in [6, 6.07) is 4.27. The number of hydrogen-bond acceptors (Lipinski definition) is 6. The lowest BCUT2D eigenvalue weighted by Gasteiger charge is -2.38. The number of rotatable bonds is 8. The van der Waals surface area contributed by atoms with Gasteiger partial charge in [-0.25, -0.2) is 14.4 Å². The molecule has 0 spiro atoms. The Bertz CT molecular complexity index is 987. The Labute approximate surface area is 208 Å². The molecule has 1 amide bonds. The molecule has 2 fully saturated rings. The smallest absolute Gasteiger partial charge is 0.229 e. The summed E-state index contributed by atoms with van der Waals surface area (Å²) in [4.78, 5) is 27.9. The van der Waals surface area contributed by atoms with E-state index in [-0.39, 0.29) is 11.8 Å². The first-order valence-electron chi connectivity index (χ1n) is 13.0. The largest absolute Gasteiger partial charge is 0.450 e. The molecule has 8 heteroatoms.